The molecule has 0 fully saturated rings. The minimum Gasteiger partial charge on any atom is -0.480 e. The molecule has 0 bridgehead atoms. The van der Waals surface area contributed by atoms with E-state index in [1.54, 1.807) is 42.5 Å². The Morgan fingerprint density at radius 1 is 1.15 bits per heavy atom. The standard InChI is InChI=1S/C24H23N7O3/c1-30-20-10-9-17(31(14-22(32)33)24(34)18-4-2-3-11-27-18)12-19(20)29-21(30)13-28-16-7-5-15(6-8-16)23(25)26/h2-12,28H,13-14H2,1H3,(H3,25,26)(H,32,33). The molecule has 0 spiro atoms. The van der Waals surface area contributed by atoms with E-state index >= 15 is 0 Å². The van der Waals surface area contributed by atoms with Crippen LogP contribution in [0.1, 0.15) is 21.9 Å². The Hall–Kier alpha value is -4.73. The topological polar surface area (TPSA) is 150 Å². The second kappa shape index (κ2) is 9.41. The average Bonchev–Trinajstić information content (AvgIpc) is 3.16. The van der Waals surface area contributed by atoms with Gasteiger partial charge < -0.3 is 20.7 Å². The predicted molar refractivity (Wildman–Crippen MR) is 129 cm³/mol. The molecule has 2 heterocycles. The van der Waals surface area contributed by atoms with Crippen molar-refractivity contribution in [1.29, 1.82) is 5.41 Å². The number of imidazole rings is 1. The lowest BCUT2D eigenvalue weighted by Gasteiger charge is -2.20. The predicted octanol–water partition coefficient (Wildman–Crippen LogP) is 2.60. The molecule has 0 atom stereocenters. The number of carboxylic acid groups (broad SMARTS) is 1. The third-order valence-corrected chi connectivity index (χ3v) is 5.34. The smallest absolute Gasteiger partial charge is 0.323 e. The van der Waals surface area contributed by atoms with E-state index in [4.69, 9.17) is 11.1 Å². The maximum Gasteiger partial charge on any atom is 0.323 e. The van der Waals surface area contributed by atoms with Gasteiger partial charge in [-0.15, -0.1) is 0 Å². The first kappa shape index (κ1) is 22.5. The van der Waals surface area contributed by atoms with Crippen molar-refractivity contribution >= 4 is 40.1 Å². The molecule has 34 heavy (non-hydrogen) atoms. The second-order valence-corrected chi connectivity index (χ2v) is 7.60. The lowest BCUT2D eigenvalue weighted by atomic mass is 10.2. The Morgan fingerprint density at radius 2 is 1.91 bits per heavy atom. The van der Waals surface area contributed by atoms with E-state index in [0.717, 1.165) is 17.0 Å². The number of hydrogen-bond donors (Lipinski definition) is 4. The number of nitrogens with zero attached hydrogens (tertiary/aromatic N) is 4. The molecule has 1 amide bonds. The molecule has 0 unspecified atom stereocenters. The number of hydrogen-bond acceptors (Lipinski definition) is 6. The number of aliphatic carboxylic acids is 1. The number of nitrogens with one attached hydrogen (secondary N) is 2. The minimum atomic E-state index is -1.13. The normalized spacial score (nSPS) is 10.7. The lowest BCUT2D eigenvalue weighted by molar-refractivity contribution is -0.135. The lowest BCUT2D eigenvalue weighted by Crippen LogP contribution is -2.36. The largest absolute Gasteiger partial charge is 0.480 e. The molecule has 4 aromatic rings. The third kappa shape index (κ3) is 4.70. The van der Waals surface area contributed by atoms with Crippen LogP contribution in [-0.2, 0) is 18.4 Å². The molecule has 10 nitrogen and oxygen atoms in total. The second-order valence-electron chi connectivity index (χ2n) is 7.60. The maximum atomic E-state index is 13.0. The number of carboxylic acids is 1. The molecule has 172 valence electrons. The van der Waals surface area contributed by atoms with Gasteiger partial charge in [-0.3, -0.25) is 24.9 Å². The molecule has 0 aliphatic heterocycles. The van der Waals surface area contributed by atoms with Gasteiger partial charge in [-0.05, 0) is 54.6 Å². The Labute approximate surface area is 195 Å². The Bertz CT molecular complexity index is 1360. The first-order valence-corrected chi connectivity index (χ1v) is 10.4. The van der Waals surface area contributed by atoms with Crippen molar-refractivity contribution in [2.75, 3.05) is 16.8 Å². The van der Waals surface area contributed by atoms with Crippen molar-refractivity contribution in [2.24, 2.45) is 12.8 Å². The molecule has 0 radical (unpaired) electrons. The molecular formula is C24H23N7O3. The molecule has 0 saturated heterocycles. The van der Waals surface area contributed by atoms with Crippen LogP contribution in [0.5, 0.6) is 0 Å². The molecule has 5 N–H and O–H groups in total. The molecule has 0 aliphatic rings. The number of amidine groups is 1. The fourth-order valence-corrected chi connectivity index (χ4v) is 3.56. The molecule has 2 aromatic carbocycles. The van der Waals surface area contributed by atoms with Crippen molar-refractivity contribution in [2.45, 2.75) is 6.54 Å². The summed E-state index contributed by atoms with van der Waals surface area (Å²) in [5.41, 5.74) is 9.04. The van der Waals surface area contributed by atoms with Crippen LogP contribution >= 0.6 is 0 Å². The van der Waals surface area contributed by atoms with Crippen molar-refractivity contribution in [3.05, 3.63) is 83.9 Å². The number of anilines is 2. The van der Waals surface area contributed by atoms with E-state index in [1.165, 1.54) is 11.1 Å². The summed E-state index contributed by atoms with van der Waals surface area (Å²) >= 11 is 0. The van der Waals surface area contributed by atoms with Crippen LogP contribution in [0.2, 0.25) is 0 Å². The molecule has 4 rings (SSSR count). The zero-order valence-corrected chi connectivity index (χ0v) is 18.4. The minimum absolute atomic E-state index is 0.0103. The van der Waals surface area contributed by atoms with Crippen molar-refractivity contribution < 1.29 is 14.7 Å². The first-order valence-electron chi connectivity index (χ1n) is 10.4. The highest BCUT2D eigenvalue weighted by molar-refractivity contribution is 6.07. The summed E-state index contributed by atoms with van der Waals surface area (Å²) < 4.78 is 1.93. The zero-order valence-electron chi connectivity index (χ0n) is 18.4. The van der Waals surface area contributed by atoms with E-state index in [9.17, 15) is 14.7 Å². The maximum absolute atomic E-state index is 13.0. The number of nitrogens with two attached hydrogens (primary N) is 1. The summed E-state index contributed by atoms with van der Waals surface area (Å²) in [4.78, 5) is 34.3. The molecule has 10 heteroatoms. The highest BCUT2D eigenvalue weighted by Gasteiger charge is 2.22. The molecule has 0 saturated carbocycles. The van der Waals surface area contributed by atoms with E-state index < -0.39 is 18.4 Å². The summed E-state index contributed by atoms with van der Waals surface area (Å²) in [6.07, 6.45) is 1.49. The number of rotatable bonds is 8. The number of benzene rings is 2. The first-order chi connectivity index (χ1) is 16.3. The number of carbonyl (C=O) groups is 2. The van der Waals surface area contributed by atoms with Crippen LogP contribution < -0.4 is 16.0 Å². The number of nitrogen functional groups attached to an aromatic ring is 1. The van der Waals surface area contributed by atoms with E-state index in [2.05, 4.69) is 15.3 Å². The van der Waals surface area contributed by atoms with E-state index in [1.807, 2.05) is 29.8 Å². The summed E-state index contributed by atoms with van der Waals surface area (Å²) in [6, 6.07) is 17.3. The molecular weight excluding hydrogens is 434 g/mol. The van der Waals surface area contributed by atoms with Crippen LogP contribution in [-0.4, -0.2) is 43.9 Å². The molecule has 2 aromatic heterocycles. The van der Waals surface area contributed by atoms with Crippen LogP contribution in [0.25, 0.3) is 11.0 Å². The number of carbonyl (C=O) groups excluding carboxylic acids is 1. The van der Waals surface area contributed by atoms with Gasteiger partial charge in [0, 0.05) is 30.2 Å². The van der Waals surface area contributed by atoms with Gasteiger partial charge >= 0.3 is 5.97 Å². The monoisotopic (exact) mass is 457 g/mol. The van der Waals surface area contributed by atoms with Crippen LogP contribution in [0, 0.1) is 5.41 Å². The van der Waals surface area contributed by atoms with Gasteiger partial charge in [-0.1, -0.05) is 6.07 Å². The van der Waals surface area contributed by atoms with Crippen LogP contribution in [0.3, 0.4) is 0 Å². The highest BCUT2D eigenvalue weighted by Crippen LogP contribution is 2.24. The van der Waals surface area contributed by atoms with E-state index in [-0.39, 0.29) is 11.5 Å². The number of aryl methyl sites for hydroxylation is 1. The number of pyridine rings is 1. The van der Waals surface area contributed by atoms with Gasteiger partial charge in [-0.2, -0.15) is 0 Å². The highest BCUT2D eigenvalue weighted by atomic mass is 16.4. The zero-order chi connectivity index (χ0) is 24.2. The Kier molecular flexibility index (Phi) is 6.22. The number of amides is 1. The number of aromatic nitrogens is 3. The fourth-order valence-electron chi connectivity index (χ4n) is 3.56. The quantitative estimate of drug-likeness (QED) is 0.235. The van der Waals surface area contributed by atoms with Crippen molar-refractivity contribution in [1.82, 2.24) is 14.5 Å². The van der Waals surface area contributed by atoms with Gasteiger partial charge in [0.1, 0.15) is 23.9 Å². The van der Waals surface area contributed by atoms with Gasteiger partial charge in [0.05, 0.1) is 17.6 Å². The van der Waals surface area contributed by atoms with Crippen molar-refractivity contribution in [3.63, 3.8) is 0 Å². The van der Waals surface area contributed by atoms with Crippen LogP contribution in [0.4, 0.5) is 11.4 Å². The summed E-state index contributed by atoms with van der Waals surface area (Å²) in [5.74, 6) is -0.875. The summed E-state index contributed by atoms with van der Waals surface area (Å²) in [6.45, 7) is -0.0654. The van der Waals surface area contributed by atoms with Gasteiger partial charge in [0.15, 0.2) is 0 Å². The Balaban J connectivity index is 1.59. The average molecular weight is 457 g/mol. The third-order valence-electron chi connectivity index (χ3n) is 5.34. The van der Waals surface area contributed by atoms with Crippen molar-refractivity contribution in [3.8, 4) is 0 Å². The van der Waals surface area contributed by atoms with Gasteiger partial charge in [0.2, 0.25) is 0 Å². The van der Waals surface area contributed by atoms with Gasteiger partial charge in [-0.25, -0.2) is 4.98 Å². The molecule has 0 aliphatic carbocycles. The van der Waals surface area contributed by atoms with Gasteiger partial charge in [0.25, 0.3) is 5.91 Å². The van der Waals surface area contributed by atoms with E-state index in [0.29, 0.717) is 23.3 Å². The SMILES string of the molecule is Cn1c(CNc2ccc(C(=N)N)cc2)nc2cc(N(CC(=O)O)C(=O)c3ccccn3)ccc21. The summed E-state index contributed by atoms with van der Waals surface area (Å²) in [7, 11) is 1.89. The summed E-state index contributed by atoms with van der Waals surface area (Å²) in [5, 5.41) is 20.1. The van der Waals surface area contributed by atoms with Crippen LogP contribution in [0.15, 0.2) is 66.9 Å². The number of fused-ring (bicyclic) bond motifs is 1. The Morgan fingerprint density at radius 3 is 2.56 bits per heavy atom. The fraction of sp³-hybridized carbons (Fsp3) is 0.125.